The molecule has 0 bridgehead atoms. The lowest BCUT2D eigenvalue weighted by molar-refractivity contribution is 0.0919. The maximum atomic E-state index is 12.6. The Hall–Kier alpha value is -2.24. The van der Waals surface area contributed by atoms with Crippen LogP contribution in [0.15, 0.2) is 24.3 Å². The second-order valence-corrected chi connectivity index (χ2v) is 7.07. The van der Waals surface area contributed by atoms with E-state index in [1.807, 2.05) is 18.2 Å². The topological polar surface area (TPSA) is 76.7 Å². The van der Waals surface area contributed by atoms with Crippen LogP contribution in [0.3, 0.4) is 0 Å². The van der Waals surface area contributed by atoms with Crippen molar-refractivity contribution >= 4 is 12.0 Å². The first-order chi connectivity index (χ1) is 12.5. The van der Waals surface area contributed by atoms with Crippen molar-refractivity contribution in [1.82, 2.24) is 10.6 Å². The van der Waals surface area contributed by atoms with Gasteiger partial charge in [-0.15, -0.1) is 0 Å². The molecule has 0 spiro atoms. The minimum absolute atomic E-state index is 0.183. The summed E-state index contributed by atoms with van der Waals surface area (Å²) in [7, 11) is 0. The number of carbonyl (C=O) groups excluding carboxylic acids is 2. The summed E-state index contributed by atoms with van der Waals surface area (Å²) in [4.78, 5) is 24.3. The van der Waals surface area contributed by atoms with Gasteiger partial charge in [-0.25, -0.2) is 4.79 Å². The lowest BCUT2D eigenvalue weighted by Crippen LogP contribution is -2.44. The quantitative estimate of drug-likeness (QED) is 0.705. The van der Waals surface area contributed by atoms with Gasteiger partial charge in [0.2, 0.25) is 0 Å². The molecule has 0 saturated heterocycles. The first kappa shape index (κ1) is 20.1. The number of benzene rings is 1. The summed E-state index contributed by atoms with van der Waals surface area (Å²) in [5.41, 5.74) is 0.527. The molecule has 0 radical (unpaired) electrons. The molecule has 1 aliphatic carbocycles. The van der Waals surface area contributed by atoms with Gasteiger partial charge in [0.1, 0.15) is 5.75 Å². The third-order valence-corrected chi connectivity index (χ3v) is 4.34. The van der Waals surface area contributed by atoms with Crippen LogP contribution >= 0.6 is 0 Å². The van der Waals surface area contributed by atoms with Crippen LogP contribution < -0.4 is 15.4 Å². The molecule has 144 valence electrons. The molecule has 0 aromatic heterocycles. The van der Waals surface area contributed by atoms with Crippen LogP contribution in [-0.2, 0) is 4.74 Å². The Balaban J connectivity index is 1.95. The second kappa shape index (κ2) is 10.0. The van der Waals surface area contributed by atoms with Gasteiger partial charge in [0, 0.05) is 12.6 Å². The zero-order valence-electron chi connectivity index (χ0n) is 15.9. The number of ether oxygens (including phenoxy) is 2. The van der Waals surface area contributed by atoms with Crippen molar-refractivity contribution in [3.8, 4) is 5.75 Å². The van der Waals surface area contributed by atoms with Gasteiger partial charge in [0.25, 0.3) is 5.91 Å². The summed E-state index contributed by atoms with van der Waals surface area (Å²) in [6, 6.07) is 7.10. The molecular weight excluding hydrogens is 332 g/mol. The molecule has 1 aromatic carbocycles. The monoisotopic (exact) mass is 362 g/mol. The largest absolute Gasteiger partial charge is 0.490 e. The third-order valence-electron chi connectivity index (χ3n) is 4.34. The Labute approximate surface area is 155 Å². The fourth-order valence-corrected chi connectivity index (χ4v) is 2.84. The molecule has 1 fully saturated rings. The van der Waals surface area contributed by atoms with E-state index in [1.165, 1.54) is 6.42 Å². The Morgan fingerprint density at radius 1 is 1.23 bits per heavy atom. The normalized spacial score (nSPS) is 15.1. The zero-order valence-corrected chi connectivity index (χ0v) is 15.9. The summed E-state index contributed by atoms with van der Waals surface area (Å²) in [6.45, 7) is 6.57. The van der Waals surface area contributed by atoms with Crippen molar-refractivity contribution in [3.63, 3.8) is 0 Å². The van der Waals surface area contributed by atoms with E-state index >= 15 is 0 Å². The summed E-state index contributed by atoms with van der Waals surface area (Å²) in [6.07, 6.45) is 3.75. The fourth-order valence-electron chi connectivity index (χ4n) is 2.84. The number of amides is 2. The molecule has 6 heteroatoms. The van der Waals surface area contributed by atoms with Crippen molar-refractivity contribution < 1.29 is 19.1 Å². The molecule has 26 heavy (non-hydrogen) atoms. The minimum Gasteiger partial charge on any atom is -0.490 e. The molecule has 0 aliphatic heterocycles. The van der Waals surface area contributed by atoms with Crippen molar-refractivity contribution in [2.24, 2.45) is 5.92 Å². The Bertz CT molecular complexity index is 599. The maximum Gasteiger partial charge on any atom is 0.407 e. The molecular formula is C20H30N2O4. The Morgan fingerprint density at radius 2 is 1.96 bits per heavy atom. The van der Waals surface area contributed by atoms with Gasteiger partial charge in [-0.3, -0.25) is 4.79 Å². The molecule has 2 rings (SSSR count). The van der Waals surface area contributed by atoms with E-state index < -0.39 is 6.09 Å². The van der Waals surface area contributed by atoms with Crippen molar-refractivity contribution in [3.05, 3.63) is 29.8 Å². The highest BCUT2D eigenvalue weighted by Crippen LogP contribution is 2.27. The molecule has 1 aliphatic rings. The fraction of sp³-hybridized carbons (Fsp3) is 0.600. The first-order valence-electron chi connectivity index (χ1n) is 9.46. The van der Waals surface area contributed by atoms with Crippen molar-refractivity contribution in [2.45, 2.75) is 58.6 Å². The van der Waals surface area contributed by atoms with Crippen molar-refractivity contribution in [1.29, 1.82) is 0 Å². The Morgan fingerprint density at radius 3 is 2.58 bits per heavy atom. The number of hydrogen-bond donors (Lipinski definition) is 2. The van der Waals surface area contributed by atoms with E-state index in [-0.39, 0.29) is 18.1 Å². The smallest absolute Gasteiger partial charge is 0.407 e. The van der Waals surface area contributed by atoms with Crippen LogP contribution in [0.25, 0.3) is 0 Å². The predicted molar refractivity (Wildman–Crippen MR) is 100 cm³/mol. The van der Waals surface area contributed by atoms with Crippen LogP contribution in [-0.4, -0.2) is 37.3 Å². The average molecular weight is 362 g/mol. The lowest BCUT2D eigenvalue weighted by atomic mass is 9.96. The standard InChI is InChI=1S/C20H30N2O4/c1-4-25-20(24)22-15(12-14(2)3)13-21-19(23)17-10-5-6-11-18(17)26-16-8-7-9-16/h5-6,10-11,14-16H,4,7-9,12-13H2,1-3H3,(H,21,23)(H,22,24). The molecule has 2 N–H and O–H groups in total. The highest BCUT2D eigenvalue weighted by molar-refractivity contribution is 5.96. The molecule has 1 aromatic rings. The van der Waals surface area contributed by atoms with Crippen LogP contribution in [0, 0.1) is 5.92 Å². The van der Waals surface area contributed by atoms with Crippen molar-refractivity contribution in [2.75, 3.05) is 13.2 Å². The molecule has 1 saturated carbocycles. The molecule has 2 amide bonds. The Kier molecular flexibility index (Phi) is 7.75. The van der Waals surface area contributed by atoms with Crippen LogP contribution in [0.1, 0.15) is 56.8 Å². The zero-order chi connectivity index (χ0) is 18.9. The molecule has 6 nitrogen and oxygen atoms in total. The third kappa shape index (κ3) is 6.24. The summed E-state index contributed by atoms with van der Waals surface area (Å²) in [5, 5.41) is 5.73. The van der Waals surface area contributed by atoms with Crippen LogP contribution in [0.4, 0.5) is 4.79 Å². The summed E-state index contributed by atoms with van der Waals surface area (Å²) < 4.78 is 10.9. The lowest BCUT2D eigenvalue weighted by Gasteiger charge is -2.27. The van der Waals surface area contributed by atoms with E-state index in [9.17, 15) is 9.59 Å². The average Bonchev–Trinajstić information content (AvgIpc) is 2.55. The van der Waals surface area contributed by atoms with E-state index in [0.29, 0.717) is 30.4 Å². The van der Waals surface area contributed by atoms with Gasteiger partial charge < -0.3 is 20.1 Å². The molecule has 0 heterocycles. The predicted octanol–water partition coefficient (Wildman–Crippen LogP) is 3.51. The van der Waals surface area contributed by atoms with Gasteiger partial charge >= 0.3 is 6.09 Å². The molecule has 1 unspecified atom stereocenters. The minimum atomic E-state index is -0.457. The van der Waals surface area contributed by atoms with Gasteiger partial charge in [-0.2, -0.15) is 0 Å². The number of nitrogens with one attached hydrogen (secondary N) is 2. The van der Waals surface area contributed by atoms with E-state index in [1.54, 1.807) is 13.0 Å². The number of rotatable bonds is 9. The SMILES string of the molecule is CCOC(=O)NC(CNC(=O)c1ccccc1OC1CCC1)CC(C)C. The van der Waals surface area contributed by atoms with Gasteiger partial charge in [0.15, 0.2) is 0 Å². The number of para-hydroxylation sites is 1. The second-order valence-electron chi connectivity index (χ2n) is 7.07. The first-order valence-corrected chi connectivity index (χ1v) is 9.46. The maximum absolute atomic E-state index is 12.6. The summed E-state index contributed by atoms with van der Waals surface area (Å²) in [5.74, 6) is 0.806. The number of alkyl carbamates (subject to hydrolysis) is 1. The number of carbonyl (C=O) groups is 2. The van der Waals surface area contributed by atoms with E-state index in [0.717, 1.165) is 19.3 Å². The number of hydrogen-bond acceptors (Lipinski definition) is 4. The van der Waals surface area contributed by atoms with Crippen LogP contribution in [0.5, 0.6) is 5.75 Å². The van der Waals surface area contributed by atoms with Crippen LogP contribution in [0.2, 0.25) is 0 Å². The van der Waals surface area contributed by atoms with E-state index in [4.69, 9.17) is 9.47 Å². The van der Waals surface area contributed by atoms with Gasteiger partial charge in [-0.1, -0.05) is 26.0 Å². The summed E-state index contributed by atoms with van der Waals surface area (Å²) >= 11 is 0. The van der Waals surface area contributed by atoms with E-state index in [2.05, 4.69) is 24.5 Å². The van der Waals surface area contributed by atoms with Gasteiger partial charge in [-0.05, 0) is 50.7 Å². The molecule has 1 atom stereocenters. The highest BCUT2D eigenvalue weighted by Gasteiger charge is 2.22. The highest BCUT2D eigenvalue weighted by atomic mass is 16.5. The van der Waals surface area contributed by atoms with Gasteiger partial charge in [0.05, 0.1) is 18.3 Å².